The normalized spacial score (nSPS) is 18.6. The van der Waals surface area contributed by atoms with Crippen molar-refractivity contribution in [3.63, 3.8) is 0 Å². The van der Waals surface area contributed by atoms with Crippen LogP contribution in [0.25, 0.3) is 0 Å². The molecule has 0 aromatic carbocycles. The van der Waals surface area contributed by atoms with Gasteiger partial charge in [-0.25, -0.2) is 4.98 Å². The van der Waals surface area contributed by atoms with Gasteiger partial charge in [0.1, 0.15) is 6.61 Å². The van der Waals surface area contributed by atoms with Gasteiger partial charge < -0.3 is 19.5 Å². The zero-order chi connectivity index (χ0) is 19.0. The van der Waals surface area contributed by atoms with Gasteiger partial charge in [0.25, 0.3) is 5.91 Å². The molecule has 4 heterocycles. The van der Waals surface area contributed by atoms with Gasteiger partial charge in [0.05, 0.1) is 22.4 Å². The molecule has 1 spiro atoms. The molecule has 2 aromatic heterocycles. The van der Waals surface area contributed by atoms with E-state index in [9.17, 15) is 9.59 Å². The van der Waals surface area contributed by atoms with Gasteiger partial charge in [-0.2, -0.15) is 0 Å². The molecule has 0 aliphatic carbocycles. The average Bonchev–Trinajstić information content (AvgIpc) is 3.32. The summed E-state index contributed by atoms with van der Waals surface area (Å²) in [5.74, 6) is 0.0654. The molecule has 2 aromatic rings. The van der Waals surface area contributed by atoms with E-state index in [1.165, 1.54) is 11.3 Å². The number of ether oxygens (including phenoxy) is 1. The van der Waals surface area contributed by atoms with Crippen LogP contribution in [0.2, 0.25) is 0 Å². The lowest BCUT2D eigenvalue weighted by atomic mass is 9.78. The molecule has 0 atom stereocenters. The Kier molecular flexibility index (Phi) is 4.77. The lowest BCUT2D eigenvalue weighted by Crippen LogP contribution is -2.59. The Morgan fingerprint density at radius 1 is 1.30 bits per heavy atom. The highest BCUT2D eigenvalue weighted by Crippen LogP contribution is 2.42. The average molecular weight is 388 g/mol. The van der Waals surface area contributed by atoms with E-state index in [2.05, 4.69) is 9.97 Å². The highest BCUT2D eigenvalue weighted by atomic mass is 32.1. The van der Waals surface area contributed by atoms with Crippen molar-refractivity contribution in [2.24, 2.45) is 0 Å². The van der Waals surface area contributed by atoms with Crippen molar-refractivity contribution in [2.75, 3.05) is 33.4 Å². The number of nitrogens with zero attached hydrogens (tertiary/aromatic N) is 3. The van der Waals surface area contributed by atoms with Crippen LogP contribution in [0.5, 0.6) is 0 Å². The van der Waals surface area contributed by atoms with Gasteiger partial charge in [-0.1, -0.05) is 0 Å². The molecule has 144 valence electrons. The fourth-order valence-electron chi connectivity index (χ4n) is 4.33. The van der Waals surface area contributed by atoms with E-state index in [1.54, 1.807) is 13.4 Å². The minimum atomic E-state index is -0.453. The third-order valence-corrected chi connectivity index (χ3v) is 6.65. The Bertz CT molecular complexity index is 851. The van der Waals surface area contributed by atoms with Crippen LogP contribution in [0.15, 0.2) is 18.5 Å². The third-order valence-electron chi connectivity index (χ3n) is 5.66. The number of methoxy groups -OCH3 is 1. The third kappa shape index (κ3) is 3.06. The topological polar surface area (TPSA) is 78.5 Å². The van der Waals surface area contributed by atoms with Crippen LogP contribution < -0.4 is 0 Å². The molecule has 2 aliphatic rings. The number of piperidine rings is 1. The number of rotatable bonds is 3. The molecular formula is C19H24N4O3S. The number of carbonyl (C=O) groups excluding carboxylic acids is 2. The SMILES string of the molecule is COCC(=O)N1CCc2[nH]cnc2C12CCN(C(=O)c1ccc(C)s1)CC2. The summed E-state index contributed by atoms with van der Waals surface area (Å²) in [5, 5.41) is 0. The van der Waals surface area contributed by atoms with Gasteiger partial charge in [-0.05, 0) is 31.9 Å². The molecule has 27 heavy (non-hydrogen) atoms. The largest absolute Gasteiger partial charge is 0.375 e. The number of amides is 2. The molecule has 0 unspecified atom stereocenters. The Hall–Kier alpha value is -2.19. The summed E-state index contributed by atoms with van der Waals surface area (Å²) in [6.07, 6.45) is 3.86. The van der Waals surface area contributed by atoms with Crippen molar-refractivity contribution < 1.29 is 14.3 Å². The summed E-state index contributed by atoms with van der Waals surface area (Å²) < 4.78 is 5.10. The lowest BCUT2D eigenvalue weighted by molar-refractivity contribution is -0.145. The van der Waals surface area contributed by atoms with E-state index in [4.69, 9.17) is 4.74 Å². The number of thiophene rings is 1. The first-order valence-corrected chi connectivity index (χ1v) is 10.0. The Balaban J connectivity index is 1.58. The fraction of sp³-hybridized carbons (Fsp3) is 0.526. The Morgan fingerprint density at radius 3 is 2.74 bits per heavy atom. The van der Waals surface area contributed by atoms with E-state index in [1.807, 2.05) is 28.9 Å². The van der Waals surface area contributed by atoms with Crippen LogP contribution in [-0.4, -0.2) is 64.9 Å². The minimum absolute atomic E-state index is 0.0141. The maximum absolute atomic E-state index is 12.8. The highest BCUT2D eigenvalue weighted by molar-refractivity contribution is 7.13. The van der Waals surface area contributed by atoms with Crippen molar-refractivity contribution in [1.82, 2.24) is 19.8 Å². The predicted molar refractivity (Wildman–Crippen MR) is 102 cm³/mol. The zero-order valence-electron chi connectivity index (χ0n) is 15.7. The first-order chi connectivity index (χ1) is 13.0. The van der Waals surface area contributed by atoms with Crippen molar-refractivity contribution in [3.8, 4) is 0 Å². The number of aryl methyl sites for hydroxylation is 1. The first kappa shape index (κ1) is 18.2. The molecule has 0 radical (unpaired) electrons. The monoisotopic (exact) mass is 388 g/mol. The van der Waals surface area contributed by atoms with Crippen LogP contribution >= 0.6 is 11.3 Å². The number of carbonyl (C=O) groups is 2. The van der Waals surface area contributed by atoms with Crippen molar-refractivity contribution in [2.45, 2.75) is 31.7 Å². The summed E-state index contributed by atoms with van der Waals surface area (Å²) in [7, 11) is 1.54. The number of nitrogens with one attached hydrogen (secondary N) is 1. The summed E-state index contributed by atoms with van der Waals surface area (Å²) >= 11 is 1.53. The second-order valence-corrected chi connectivity index (χ2v) is 8.48. The van der Waals surface area contributed by atoms with Crippen molar-refractivity contribution in [1.29, 1.82) is 0 Å². The van der Waals surface area contributed by atoms with Crippen LogP contribution in [0, 0.1) is 6.92 Å². The molecule has 2 aliphatic heterocycles. The van der Waals surface area contributed by atoms with Gasteiger partial charge >= 0.3 is 0 Å². The number of hydrogen-bond donors (Lipinski definition) is 1. The second kappa shape index (κ2) is 7.09. The molecular weight excluding hydrogens is 364 g/mol. The smallest absolute Gasteiger partial charge is 0.263 e. The molecule has 1 N–H and O–H groups in total. The van der Waals surface area contributed by atoms with E-state index >= 15 is 0 Å². The van der Waals surface area contributed by atoms with Crippen LogP contribution in [-0.2, 0) is 21.5 Å². The molecule has 0 bridgehead atoms. The summed E-state index contributed by atoms with van der Waals surface area (Å²) in [6, 6.07) is 3.87. The molecule has 2 amide bonds. The van der Waals surface area contributed by atoms with E-state index < -0.39 is 5.54 Å². The number of fused-ring (bicyclic) bond motifs is 2. The van der Waals surface area contributed by atoms with Crippen molar-refractivity contribution >= 4 is 23.2 Å². The Labute approximate surface area is 162 Å². The number of likely N-dealkylation sites (tertiary alicyclic amines) is 1. The Morgan fingerprint density at radius 2 is 2.07 bits per heavy atom. The number of imidazole rings is 1. The molecule has 8 heteroatoms. The summed E-state index contributed by atoms with van der Waals surface area (Å²) in [4.78, 5) is 39.1. The van der Waals surface area contributed by atoms with E-state index in [-0.39, 0.29) is 18.4 Å². The standard InChI is InChI=1S/C19H24N4O3S/c1-13-3-4-15(27-13)18(25)22-9-6-19(7-10-22)17-14(20-12-21-17)5-8-23(19)16(24)11-26-2/h3-4,12H,5-11H2,1-2H3,(H,20,21). The summed E-state index contributed by atoms with van der Waals surface area (Å²) in [6.45, 7) is 3.94. The fourth-order valence-corrected chi connectivity index (χ4v) is 5.17. The number of aromatic nitrogens is 2. The van der Waals surface area contributed by atoms with Crippen molar-refractivity contribution in [3.05, 3.63) is 39.6 Å². The van der Waals surface area contributed by atoms with Gasteiger partial charge in [-0.15, -0.1) is 11.3 Å². The molecule has 1 fully saturated rings. The quantitative estimate of drug-likeness (QED) is 0.872. The van der Waals surface area contributed by atoms with Crippen LogP contribution in [0.3, 0.4) is 0 Å². The number of aromatic amines is 1. The maximum Gasteiger partial charge on any atom is 0.263 e. The van der Waals surface area contributed by atoms with E-state index in [0.29, 0.717) is 32.5 Å². The molecule has 4 rings (SSSR count). The minimum Gasteiger partial charge on any atom is -0.375 e. The molecule has 1 saturated heterocycles. The predicted octanol–water partition coefficient (Wildman–Crippen LogP) is 1.94. The zero-order valence-corrected chi connectivity index (χ0v) is 16.5. The number of H-pyrrole nitrogens is 1. The highest BCUT2D eigenvalue weighted by Gasteiger charge is 2.49. The van der Waals surface area contributed by atoms with Gasteiger partial charge in [0.15, 0.2) is 0 Å². The second-order valence-electron chi connectivity index (χ2n) is 7.19. The lowest BCUT2D eigenvalue weighted by Gasteiger charge is -2.50. The molecule has 0 saturated carbocycles. The maximum atomic E-state index is 12.8. The van der Waals surface area contributed by atoms with Crippen LogP contribution in [0.1, 0.15) is 38.8 Å². The van der Waals surface area contributed by atoms with Crippen LogP contribution in [0.4, 0.5) is 0 Å². The van der Waals surface area contributed by atoms with Gasteiger partial charge in [-0.3, -0.25) is 9.59 Å². The first-order valence-electron chi connectivity index (χ1n) is 9.23. The number of hydrogen-bond acceptors (Lipinski definition) is 5. The van der Waals surface area contributed by atoms with Gasteiger partial charge in [0, 0.05) is 43.7 Å². The molecule has 7 nitrogen and oxygen atoms in total. The van der Waals surface area contributed by atoms with E-state index in [0.717, 1.165) is 27.6 Å². The van der Waals surface area contributed by atoms with Gasteiger partial charge in [0.2, 0.25) is 5.91 Å². The summed E-state index contributed by atoms with van der Waals surface area (Å²) in [5.41, 5.74) is 1.60.